The predicted molar refractivity (Wildman–Crippen MR) is 72.7 cm³/mol. The van der Waals surface area contributed by atoms with Crippen LogP contribution in [0.2, 0.25) is 0 Å². The number of hydrogen-bond donors (Lipinski definition) is 2. The van der Waals surface area contributed by atoms with Crippen LogP contribution in [0.15, 0.2) is 42.5 Å². The Hall–Kier alpha value is -3.13. The van der Waals surface area contributed by atoms with Crippen molar-refractivity contribution in [2.75, 3.05) is 0 Å². The zero-order valence-corrected chi connectivity index (χ0v) is 10.6. The molecule has 0 aliphatic heterocycles. The van der Waals surface area contributed by atoms with Crippen molar-refractivity contribution >= 4 is 11.9 Å². The van der Waals surface area contributed by atoms with Crippen LogP contribution in [-0.2, 0) is 0 Å². The van der Waals surface area contributed by atoms with Crippen LogP contribution < -0.4 is 0 Å². The van der Waals surface area contributed by atoms with Crippen LogP contribution in [0, 0.1) is 17.7 Å². The highest BCUT2D eigenvalue weighted by molar-refractivity contribution is 6.02. The third-order valence-corrected chi connectivity index (χ3v) is 2.70. The van der Waals surface area contributed by atoms with Crippen molar-refractivity contribution < 1.29 is 24.2 Å². The van der Waals surface area contributed by atoms with E-state index in [-0.39, 0.29) is 5.56 Å². The van der Waals surface area contributed by atoms with Crippen LogP contribution in [-0.4, -0.2) is 22.2 Å². The van der Waals surface area contributed by atoms with Gasteiger partial charge in [-0.2, -0.15) is 0 Å². The van der Waals surface area contributed by atoms with Crippen molar-refractivity contribution in [1.29, 1.82) is 0 Å². The fourth-order valence-corrected chi connectivity index (χ4v) is 1.72. The molecule has 0 saturated carbocycles. The minimum atomic E-state index is -1.65. The molecule has 0 aliphatic rings. The lowest BCUT2D eigenvalue weighted by molar-refractivity contribution is 0.0647. The molecule has 0 heterocycles. The Bertz CT molecular complexity index is 770. The minimum Gasteiger partial charge on any atom is -0.478 e. The van der Waals surface area contributed by atoms with Crippen LogP contribution in [0.4, 0.5) is 4.39 Å². The maximum Gasteiger partial charge on any atom is 0.339 e. The molecule has 0 amide bonds. The average molecular weight is 284 g/mol. The first-order valence-corrected chi connectivity index (χ1v) is 5.87. The highest BCUT2D eigenvalue weighted by Gasteiger charge is 2.22. The fourth-order valence-electron chi connectivity index (χ4n) is 1.72. The topological polar surface area (TPSA) is 74.6 Å². The molecule has 104 valence electrons. The summed E-state index contributed by atoms with van der Waals surface area (Å²) in [5.74, 6) is 0.897. The Morgan fingerprint density at radius 1 is 0.905 bits per heavy atom. The molecular weight excluding hydrogens is 275 g/mol. The van der Waals surface area contributed by atoms with Crippen LogP contribution in [0.5, 0.6) is 0 Å². The quantitative estimate of drug-likeness (QED) is 0.831. The summed E-state index contributed by atoms with van der Waals surface area (Å²) in [4.78, 5) is 21.9. The summed E-state index contributed by atoms with van der Waals surface area (Å²) in [5.41, 5.74) is -1.02. The predicted octanol–water partition coefficient (Wildman–Crippen LogP) is 2.62. The number of halogens is 1. The van der Waals surface area contributed by atoms with Gasteiger partial charge >= 0.3 is 11.9 Å². The van der Waals surface area contributed by atoms with Crippen LogP contribution in [0.1, 0.15) is 31.8 Å². The minimum absolute atomic E-state index is 0.166. The van der Waals surface area contributed by atoms with Gasteiger partial charge in [-0.3, -0.25) is 0 Å². The number of rotatable bonds is 2. The van der Waals surface area contributed by atoms with Crippen molar-refractivity contribution in [3.8, 4) is 11.8 Å². The van der Waals surface area contributed by atoms with Crippen molar-refractivity contribution in [1.82, 2.24) is 0 Å². The van der Waals surface area contributed by atoms with Gasteiger partial charge in [0.15, 0.2) is 5.82 Å². The van der Waals surface area contributed by atoms with Crippen molar-refractivity contribution in [2.24, 2.45) is 0 Å². The molecule has 0 aromatic heterocycles. The maximum absolute atomic E-state index is 14.1. The van der Waals surface area contributed by atoms with Gasteiger partial charge in [-0.25, -0.2) is 14.0 Å². The number of carboxylic acid groups (broad SMARTS) is 2. The van der Waals surface area contributed by atoms with E-state index in [1.54, 1.807) is 30.3 Å². The fraction of sp³-hybridized carbons (Fsp3) is 0. The molecule has 2 aromatic rings. The second-order valence-corrected chi connectivity index (χ2v) is 4.08. The normalized spacial score (nSPS) is 9.57. The van der Waals surface area contributed by atoms with E-state index in [2.05, 4.69) is 11.8 Å². The summed E-state index contributed by atoms with van der Waals surface area (Å²) < 4.78 is 14.1. The third kappa shape index (κ3) is 3.07. The lowest BCUT2D eigenvalue weighted by Crippen LogP contribution is -2.11. The van der Waals surface area contributed by atoms with Gasteiger partial charge in [0, 0.05) is 5.56 Å². The summed E-state index contributed by atoms with van der Waals surface area (Å²) >= 11 is 0. The summed E-state index contributed by atoms with van der Waals surface area (Å²) in [6.07, 6.45) is 0. The average Bonchev–Trinajstić information content (AvgIpc) is 2.46. The van der Waals surface area contributed by atoms with E-state index in [9.17, 15) is 14.0 Å². The van der Waals surface area contributed by atoms with E-state index in [1.807, 2.05) is 0 Å². The Labute approximate surface area is 119 Å². The SMILES string of the molecule is O=C(O)c1ccc(C#Cc2ccccc2)c(F)c1C(=O)O. The molecule has 0 radical (unpaired) electrons. The molecule has 5 heteroatoms. The number of hydrogen-bond acceptors (Lipinski definition) is 2. The van der Waals surface area contributed by atoms with Crippen molar-refractivity contribution in [2.45, 2.75) is 0 Å². The van der Waals surface area contributed by atoms with Crippen LogP contribution in [0.3, 0.4) is 0 Å². The highest BCUT2D eigenvalue weighted by Crippen LogP contribution is 2.18. The molecule has 0 atom stereocenters. The molecule has 21 heavy (non-hydrogen) atoms. The van der Waals surface area contributed by atoms with Gasteiger partial charge in [0.1, 0.15) is 5.56 Å². The van der Waals surface area contributed by atoms with E-state index in [0.717, 1.165) is 12.1 Å². The van der Waals surface area contributed by atoms with E-state index in [1.165, 1.54) is 0 Å². The Kier molecular flexibility index (Phi) is 4.00. The molecule has 4 nitrogen and oxygen atoms in total. The van der Waals surface area contributed by atoms with E-state index >= 15 is 0 Å². The van der Waals surface area contributed by atoms with E-state index in [0.29, 0.717) is 5.56 Å². The summed E-state index contributed by atoms with van der Waals surface area (Å²) in [5, 5.41) is 17.8. The van der Waals surface area contributed by atoms with Gasteiger partial charge in [0.2, 0.25) is 0 Å². The van der Waals surface area contributed by atoms with Crippen molar-refractivity contribution in [3.63, 3.8) is 0 Å². The molecule has 2 rings (SSSR count). The standard InChI is InChI=1S/C16H9FO4/c17-14-11(7-6-10-4-2-1-3-5-10)8-9-12(15(18)19)13(14)16(20)21/h1-5,8-9H,(H,18,19)(H,20,21). The molecule has 0 fully saturated rings. The van der Waals surface area contributed by atoms with Gasteiger partial charge in [-0.05, 0) is 24.3 Å². The van der Waals surface area contributed by atoms with Crippen LogP contribution in [0.25, 0.3) is 0 Å². The van der Waals surface area contributed by atoms with E-state index < -0.39 is 28.9 Å². The number of carbonyl (C=O) groups is 2. The maximum atomic E-state index is 14.1. The number of benzene rings is 2. The first kappa shape index (κ1) is 14.3. The lowest BCUT2D eigenvalue weighted by Gasteiger charge is -2.04. The van der Waals surface area contributed by atoms with Gasteiger partial charge < -0.3 is 10.2 Å². The third-order valence-electron chi connectivity index (χ3n) is 2.70. The molecule has 0 aliphatic carbocycles. The van der Waals surface area contributed by atoms with Crippen molar-refractivity contribution in [3.05, 3.63) is 70.5 Å². The Morgan fingerprint density at radius 3 is 2.14 bits per heavy atom. The molecule has 0 unspecified atom stereocenters. The summed E-state index contributed by atoms with van der Waals surface area (Å²) in [6, 6.07) is 10.9. The second-order valence-electron chi connectivity index (χ2n) is 4.08. The van der Waals surface area contributed by atoms with Gasteiger partial charge in [0.05, 0.1) is 11.1 Å². The molecular formula is C16H9FO4. The first-order valence-electron chi connectivity index (χ1n) is 5.87. The van der Waals surface area contributed by atoms with Gasteiger partial charge in [-0.1, -0.05) is 30.0 Å². The monoisotopic (exact) mass is 284 g/mol. The second kappa shape index (κ2) is 5.88. The highest BCUT2D eigenvalue weighted by atomic mass is 19.1. The smallest absolute Gasteiger partial charge is 0.339 e. The van der Waals surface area contributed by atoms with Gasteiger partial charge in [-0.15, -0.1) is 0 Å². The molecule has 0 saturated heterocycles. The largest absolute Gasteiger partial charge is 0.478 e. The Morgan fingerprint density at radius 2 is 1.57 bits per heavy atom. The Balaban J connectivity index is 2.53. The summed E-state index contributed by atoms with van der Waals surface area (Å²) in [6.45, 7) is 0. The van der Waals surface area contributed by atoms with E-state index in [4.69, 9.17) is 10.2 Å². The zero-order valence-electron chi connectivity index (χ0n) is 10.6. The molecule has 0 spiro atoms. The number of carboxylic acids is 2. The molecule has 2 N–H and O–H groups in total. The summed E-state index contributed by atoms with van der Waals surface area (Å²) in [7, 11) is 0. The zero-order chi connectivity index (χ0) is 15.4. The molecule has 2 aromatic carbocycles. The van der Waals surface area contributed by atoms with Gasteiger partial charge in [0.25, 0.3) is 0 Å². The van der Waals surface area contributed by atoms with Crippen LogP contribution >= 0.6 is 0 Å². The lowest BCUT2D eigenvalue weighted by atomic mass is 10.0. The number of aromatic carboxylic acids is 2. The molecule has 0 bridgehead atoms. The first-order chi connectivity index (χ1) is 10.0.